The van der Waals surface area contributed by atoms with Gasteiger partial charge in [-0.25, -0.2) is 8.42 Å². The molecule has 0 bridgehead atoms. The summed E-state index contributed by atoms with van der Waals surface area (Å²) < 4.78 is 26.6. The summed E-state index contributed by atoms with van der Waals surface area (Å²) >= 11 is 0. The molecule has 1 aromatic carbocycles. The lowest BCUT2D eigenvalue weighted by Gasteiger charge is -2.20. The van der Waals surface area contributed by atoms with Gasteiger partial charge in [0, 0.05) is 19.3 Å². The molecule has 7 heteroatoms. The number of hydrogen-bond donors (Lipinski definition) is 1. The van der Waals surface area contributed by atoms with Crippen molar-refractivity contribution in [1.29, 1.82) is 0 Å². The fourth-order valence-corrected chi connectivity index (χ4v) is 4.17. The monoisotopic (exact) mass is 359 g/mol. The Morgan fingerprint density at radius 3 is 2.52 bits per heavy atom. The van der Waals surface area contributed by atoms with E-state index in [2.05, 4.69) is 10.3 Å². The Bertz CT molecular complexity index is 847. The number of nitrogens with zero attached hydrogens (tertiary/aromatic N) is 2. The zero-order valence-corrected chi connectivity index (χ0v) is 14.9. The van der Waals surface area contributed by atoms with E-state index >= 15 is 0 Å². The number of carbonyl (C=O) groups is 1. The molecule has 1 N–H and O–H groups in total. The second-order valence-electron chi connectivity index (χ2n) is 6.14. The largest absolute Gasteiger partial charge is 0.348 e. The summed E-state index contributed by atoms with van der Waals surface area (Å²) in [6.45, 7) is 0. The average Bonchev–Trinajstić information content (AvgIpc) is 3.15. The second-order valence-corrected chi connectivity index (χ2v) is 8.11. The molecule has 1 amide bonds. The molecular weight excluding hydrogens is 338 g/mol. The van der Waals surface area contributed by atoms with Crippen LogP contribution in [0.5, 0.6) is 0 Å². The van der Waals surface area contributed by atoms with Crippen molar-refractivity contribution in [2.45, 2.75) is 36.6 Å². The fourth-order valence-electron chi connectivity index (χ4n) is 2.96. The number of rotatable bonds is 5. The second kappa shape index (κ2) is 7.23. The lowest BCUT2D eigenvalue weighted by molar-refractivity contribution is 0.0933. The highest BCUT2D eigenvalue weighted by molar-refractivity contribution is 7.92. The number of pyridine rings is 1. The summed E-state index contributed by atoms with van der Waals surface area (Å²) in [5.74, 6) is -0.265. The van der Waals surface area contributed by atoms with Crippen LogP contribution >= 0.6 is 0 Å². The molecule has 0 saturated heterocycles. The van der Waals surface area contributed by atoms with E-state index in [4.69, 9.17) is 0 Å². The van der Waals surface area contributed by atoms with Crippen LogP contribution in [0.4, 0.5) is 5.69 Å². The Kier molecular flexibility index (Phi) is 5.03. The van der Waals surface area contributed by atoms with Crippen LogP contribution in [-0.4, -0.2) is 32.4 Å². The number of anilines is 1. The number of carbonyl (C=O) groups excluding carboxylic acids is 1. The molecule has 1 heterocycles. The summed E-state index contributed by atoms with van der Waals surface area (Å²) in [6.07, 6.45) is 5.66. The van der Waals surface area contributed by atoms with Crippen LogP contribution in [0.1, 0.15) is 36.2 Å². The number of aromatic nitrogens is 1. The van der Waals surface area contributed by atoms with E-state index in [1.807, 2.05) is 0 Å². The standard InChI is InChI=1S/C18H21N3O3S/c1-21(25(23,24)16-9-3-2-4-10-16)15-11-12-19-17(13-15)18(22)20-14-7-5-6-8-14/h2-4,9-14H,5-8H2,1H3,(H,20,22). The number of benzene rings is 1. The van der Waals surface area contributed by atoms with Crippen molar-refractivity contribution in [3.63, 3.8) is 0 Å². The van der Waals surface area contributed by atoms with E-state index in [-0.39, 0.29) is 22.5 Å². The summed E-state index contributed by atoms with van der Waals surface area (Å²) in [5, 5.41) is 2.96. The average molecular weight is 359 g/mol. The molecule has 1 saturated carbocycles. The smallest absolute Gasteiger partial charge is 0.270 e. The maximum Gasteiger partial charge on any atom is 0.270 e. The molecule has 1 aliphatic rings. The molecule has 132 valence electrons. The van der Waals surface area contributed by atoms with Gasteiger partial charge in [-0.2, -0.15) is 0 Å². The van der Waals surface area contributed by atoms with Gasteiger partial charge in [0.2, 0.25) is 0 Å². The summed E-state index contributed by atoms with van der Waals surface area (Å²) in [5.41, 5.74) is 0.620. The van der Waals surface area contributed by atoms with Gasteiger partial charge in [-0.05, 0) is 37.1 Å². The molecular formula is C18H21N3O3S. The lowest BCUT2D eigenvalue weighted by Crippen LogP contribution is -2.33. The Morgan fingerprint density at radius 2 is 1.84 bits per heavy atom. The summed E-state index contributed by atoms with van der Waals surface area (Å²) in [7, 11) is -2.21. The van der Waals surface area contributed by atoms with E-state index in [1.54, 1.807) is 36.4 Å². The molecule has 25 heavy (non-hydrogen) atoms. The minimum Gasteiger partial charge on any atom is -0.348 e. The molecule has 6 nitrogen and oxygen atoms in total. The highest BCUT2D eigenvalue weighted by Gasteiger charge is 2.23. The van der Waals surface area contributed by atoms with Gasteiger partial charge in [0.15, 0.2) is 0 Å². The first-order valence-corrected chi connectivity index (χ1v) is 9.73. The summed E-state index contributed by atoms with van der Waals surface area (Å²) in [6, 6.07) is 11.5. The Hall–Kier alpha value is -2.41. The maximum absolute atomic E-state index is 12.7. The number of nitrogens with one attached hydrogen (secondary N) is 1. The van der Waals surface area contributed by atoms with Crippen LogP contribution in [0.2, 0.25) is 0 Å². The molecule has 1 aromatic heterocycles. The molecule has 0 atom stereocenters. The number of hydrogen-bond acceptors (Lipinski definition) is 4. The summed E-state index contributed by atoms with van der Waals surface area (Å²) in [4.78, 5) is 16.6. The third-order valence-corrected chi connectivity index (χ3v) is 6.23. The number of sulfonamides is 1. The van der Waals surface area contributed by atoms with Crippen molar-refractivity contribution in [3.8, 4) is 0 Å². The van der Waals surface area contributed by atoms with Crippen molar-refractivity contribution in [3.05, 3.63) is 54.4 Å². The van der Waals surface area contributed by atoms with Gasteiger partial charge in [-0.3, -0.25) is 14.1 Å². The third kappa shape index (κ3) is 3.82. The zero-order chi connectivity index (χ0) is 17.9. The van der Waals surface area contributed by atoms with Crippen LogP contribution in [0.25, 0.3) is 0 Å². The minimum atomic E-state index is -3.68. The van der Waals surface area contributed by atoms with Gasteiger partial charge in [0.25, 0.3) is 15.9 Å². The Labute approximate surface area is 147 Å². The van der Waals surface area contributed by atoms with Gasteiger partial charge in [-0.1, -0.05) is 31.0 Å². The maximum atomic E-state index is 12.7. The predicted octanol–water partition coefficient (Wildman–Crippen LogP) is 2.58. The first-order chi connectivity index (χ1) is 12.0. The van der Waals surface area contributed by atoms with E-state index in [0.29, 0.717) is 5.69 Å². The molecule has 0 spiro atoms. The quantitative estimate of drug-likeness (QED) is 0.890. The van der Waals surface area contributed by atoms with Crippen molar-refractivity contribution in [2.24, 2.45) is 0 Å². The van der Waals surface area contributed by atoms with E-state index in [0.717, 1.165) is 30.0 Å². The normalized spacial score (nSPS) is 15.1. The van der Waals surface area contributed by atoms with Crippen LogP contribution < -0.4 is 9.62 Å². The zero-order valence-electron chi connectivity index (χ0n) is 14.1. The van der Waals surface area contributed by atoms with Crippen LogP contribution in [0, 0.1) is 0 Å². The fraction of sp³-hybridized carbons (Fsp3) is 0.333. The lowest BCUT2D eigenvalue weighted by atomic mass is 10.2. The molecule has 3 rings (SSSR count). The van der Waals surface area contributed by atoms with Crippen molar-refractivity contribution < 1.29 is 13.2 Å². The van der Waals surface area contributed by atoms with E-state index < -0.39 is 10.0 Å². The van der Waals surface area contributed by atoms with Gasteiger partial charge >= 0.3 is 0 Å². The first-order valence-electron chi connectivity index (χ1n) is 8.29. The Morgan fingerprint density at radius 1 is 1.16 bits per heavy atom. The van der Waals surface area contributed by atoms with Gasteiger partial charge in [0.05, 0.1) is 10.6 Å². The predicted molar refractivity (Wildman–Crippen MR) is 96.0 cm³/mol. The van der Waals surface area contributed by atoms with Crippen LogP contribution in [-0.2, 0) is 10.0 Å². The van der Waals surface area contributed by atoms with Gasteiger partial charge < -0.3 is 5.32 Å². The van der Waals surface area contributed by atoms with E-state index in [9.17, 15) is 13.2 Å². The minimum absolute atomic E-state index is 0.184. The van der Waals surface area contributed by atoms with Gasteiger partial charge in [0.1, 0.15) is 5.69 Å². The SMILES string of the molecule is CN(c1ccnc(C(=O)NC2CCCC2)c1)S(=O)(=O)c1ccccc1. The molecule has 1 fully saturated rings. The molecule has 0 radical (unpaired) electrons. The van der Waals surface area contributed by atoms with Crippen molar-refractivity contribution in [1.82, 2.24) is 10.3 Å². The third-order valence-electron chi connectivity index (χ3n) is 4.43. The first kappa shape index (κ1) is 17.4. The van der Waals surface area contributed by atoms with Crippen molar-refractivity contribution >= 4 is 21.6 Å². The van der Waals surface area contributed by atoms with Crippen LogP contribution in [0.15, 0.2) is 53.6 Å². The topological polar surface area (TPSA) is 79.4 Å². The highest BCUT2D eigenvalue weighted by atomic mass is 32.2. The van der Waals surface area contributed by atoms with Crippen molar-refractivity contribution in [2.75, 3.05) is 11.4 Å². The molecule has 2 aromatic rings. The number of amides is 1. The molecule has 0 aliphatic heterocycles. The molecule has 1 aliphatic carbocycles. The Balaban J connectivity index is 1.82. The van der Waals surface area contributed by atoms with Crippen LogP contribution in [0.3, 0.4) is 0 Å². The highest BCUT2D eigenvalue weighted by Crippen LogP contribution is 2.22. The van der Waals surface area contributed by atoms with E-state index in [1.165, 1.54) is 19.3 Å². The molecule has 0 unspecified atom stereocenters. The van der Waals surface area contributed by atoms with Gasteiger partial charge in [-0.15, -0.1) is 0 Å².